The SMILES string of the molecule is Cc1cc(C2CC(=O)C2C)ccc1F. The van der Waals surface area contributed by atoms with Crippen molar-refractivity contribution in [2.45, 2.75) is 26.2 Å². The second-order valence-electron chi connectivity index (χ2n) is 4.07. The molecule has 1 saturated carbocycles. The number of halogens is 1. The van der Waals surface area contributed by atoms with Crippen LogP contribution in [-0.2, 0) is 4.79 Å². The third-order valence-electron chi connectivity index (χ3n) is 3.14. The fourth-order valence-corrected chi connectivity index (χ4v) is 1.95. The van der Waals surface area contributed by atoms with Crippen LogP contribution in [0.25, 0.3) is 0 Å². The summed E-state index contributed by atoms with van der Waals surface area (Å²) in [6, 6.07) is 5.12. The molecule has 1 fully saturated rings. The summed E-state index contributed by atoms with van der Waals surface area (Å²) in [5, 5.41) is 0. The van der Waals surface area contributed by atoms with Gasteiger partial charge in [0.15, 0.2) is 0 Å². The largest absolute Gasteiger partial charge is 0.299 e. The average Bonchev–Trinajstić information content (AvgIpc) is 2.18. The zero-order valence-corrected chi connectivity index (χ0v) is 8.38. The minimum Gasteiger partial charge on any atom is -0.299 e. The van der Waals surface area contributed by atoms with E-state index in [9.17, 15) is 9.18 Å². The second-order valence-corrected chi connectivity index (χ2v) is 4.07. The van der Waals surface area contributed by atoms with Crippen molar-refractivity contribution in [1.29, 1.82) is 0 Å². The Bertz CT molecular complexity index is 384. The lowest BCUT2D eigenvalue weighted by atomic mass is 9.70. The molecule has 2 rings (SSSR count). The van der Waals surface area contributed by atoms with Crippen LogP contribution in [0.5, 0.6) is 0 Å². The van der Waals surface area contributed by atoms with E-state index in [1.807, 2.05) is 13.0 Å². The van der Waals surface area contributed by atoms with Gasteiger partial charge in [-0.2, -0.15) is 0 Å². The lowest BCUT2D eigenvalue weighted by molar-refractivity contribution is -0.130. The van der Waals surface area contributed by atoms with E-state index in [0.29, 0.717) is 23.7 Å². The molecule has 2 atom stereocenters. The van der Waals surface area contributed by atoms with E-state index >= 15 is 0 Å². The van der Waals surface area contributed by atoms with Crippen molar-refractivity contribution >= 4 is 5.78 Å². The third-order valence-corrected chi connectivity index (χ3v) is 3.14. The van der Waals surface area contributed by atoms with Gasteiger partial charge in [0.25, 0.3) is 0 Å². The molecule has 0 amide bonds. The van der Waals surface area contributed by atoms with Crippen molar-refractivity contribution in [2.75, 3.05) is 0 Å². The molecule has 1 aromatic carbocycles. The number of rotatable bonds is 1. The van der Waals surface area contributed by atoms with Gasteiger partial charge in [0.2, 0.25) is 0 Å². The van der Waals surface area contributed by atoms with Crippen LogP contribution in [0.2, 0.25) is 0 Å². The summed E-state index contributed by atoms with van der Waals surface area (Å²) in [7, 11) is 0. The molecular weight excluding hydrogens is 179 g/mol. The van der Waals surface area contributed by atoms with Gasteiger partial charge in [0.1, 0.15) is 11.6 Å². The Balaban J connectivity index is 2.26. The summed E-state index contributed by atoms with van der Waals surface area (Å²) in [4.78, 5) is 11.1. The Morgan fingerprint density at radius 1 is 1.43 bits per heavy atom. The van der Waals surface area contributed by atoms with Crippen LogP contribution < -0.4 is 0 Å². The fraction of sp³-hybridized carbons (Fsp3) is 0.417. The van der Waals surface area contributed by atoms with Crippen LogP contribution in [0, 0.1) is 18.7 Å². The van der Waals surface area contributed by atoms with Crippen molar-refractivity contribution in [3.8, 4) is 0 Å². The first-order chi connectivity index (χ1) is 6.59. The minimum atomic E-state index is -0.174. The minimum absolute atomic E-state index is 0.111. The van der Waals surface area contributed by atoms with Crippen molar-refractivity contribution in [1.82, 2.24) is 0 Å². The van der Waals surface area contributed by atoms with Crippen LogP contribution in [0.1, 0.15) is 30.4 Å². The summed E-state index contributed by atoms with van der Waals surface area (Å²) in [6.45, 7) is 3.69. The number of hydrogen-bond donors (Lipinski definition) is 0. The van der Waals surface area contributed by atoms with E-state index in [1.165, 1.54) is 6.07 Å². The van der Waals surface area contributed by atoms with Crippen molar-refractivity contribution in [2.24, 2.45) is 5.92 Å². The van der Waals surface area contributed by atoms with Gasteiger partial charge in [-0.1, -0.05) is 19.1 Å². The smallest absolute Gasteiger partial charge is 0.136 e. The van der Waals surface area contributed by atoms with E-state index in [-0.39, 0.29) is 11.7 Å². The standard InChI is InChI=1S/C12H13FO/c1-7-5-9(3-4-11(7)13)10-6-12(14)8(10)2/h3-5,8,10H,6H2,1-2H3. The van der Waals surface area contributed by atoms with Gasteiger partial charge in [-0.25, -0.2) is 4.39 Å². The zero-order valence-electron chi connectivity index (χ0n) is 8.38. The molecule has 0 spiro atoms. The van der Waals surface area contributed by atoms with E-state index in [2.05, 4.69) is 0 Å². The van der Waals surface area contributed by atoms with E-state index in [1.54, 1.807) is 13.0 Å². The van der Waals surface area contributed by atoms with Crippen LogP contribution in [0.4, 0.5) is 4.39 Å². The molecule has 0 bridgehead atoms. The molecule has 0 aromatic heterocycles. The number of carbonyl (C=O) groups is 1. The number of benzene rings is 1. The highest BCUT2D eigenvalue weighted by atomic mass is 19.1. The number of hydrogen-bond acceptors (Lipinski definition) is 1. The molecule has 0 aliphatic heterocycles. The Kier molecular flexibility index (Phi) is 2.14. The van der Waals surface area contributed by atoms with Gasteiger partial charge in [-0.05, 0) is 24.1 Å². The first kappa shape index (κ1) is 9.38. The lowest BCUT2D eigenvalue weighted by Gasteiger charge is -2.32. The molecule has 14 heavy (non-hydrogen) atoms. The van der Waals surface area contributed by atoms with E-state index in [4.69, 9.17) is 0 Å². The van der Waals surface area contributed by atoms with Crippen molar-refractivity contribution in [3.05, 3.63) is 35.1 Å². The van der Waals surface area contributed by atoms with Gasteiger partial charge < -0.3 is 0 Å². The van der Waals surface area contributed by atoms with E-state index < -0.39 is 0 Å². The quantitative estimate of drug-likeness (QED) is 0.668. The number of carbonyl (C=O) groups excluding carboxylic acids is 1. The average molecular weight is 192 g/mol. The molecule has 2 heteroatoms. The second kappa shape index (κ2) is 3.19. The predicted molar refractivity (Wildman–Crippen MR) is 52.7 cm³/mol. The summed E-state index contributed by atoms with van der Waals surface area (Å²) >= 11 is 0. The maximum Gasteiger partial charge on any atom is 0.136 e. The van der Waals surface area contributed by atoms with Crippen LogP contribution in [0.15, 0.2) is 18.2 Å². The Morgan fingerprint density at radius 2 is 2.14 bits per heavy atom. The van der Waals surface area contributed by atoms with Gasteiger partial charge >= 0.3 is 0 Å². The third kappa shape index (κ3) is 1.35. The topological polar surface area (TPSA) is 17.1 Å². The molecule has 0 saturated heterocycles. The molecule has 0 N–H and O–H groups in total. The Hall–Kier alpha value is -1.18. The Labute approximate surface area is 82.9 Å². The molecule has 1 aliphatic rings. The maximum absolute atomic E-state index is 13.0. The summed E-state index contributed by atoms with van der Waals surface area (Å²) in [6.07, 6.45) is 0.617. The summed E-state index contributed by atoms with van der Waals surface area (Å²) < 4.78 is 13.0. The normalized spacial score (nSPS) is 26.1. The molecule has 2 unspecified atom stereocenters. The highest BCUT2D eigenvalue weighted by Crippen LogP contribution is 2.39. The van der Waals surface area contributed by atoms with Crippen molar-refractivity contribution in [3.63, 3.8) is 0 Å². The van der Waals surface area contributed by atoms with Crippen LogP contribution in [0.3, 0.4) is 0 Å². The summed E-state index contributed by atoms with van der Waals surface area (Å²) in [5.74, 6) is 0.561. The molecule has 1 nitrogen and oxygen atoms in total. The highest BCUT2D eigenvalue weighted by Gasteiger charge is 2.36. The lowest BCUT2D eigenvalue weighted by Crippen LogP contribution is -2.32. The molecule has 1 aromatic rings. The first-order valence-electron chi connectivity index (χ1n) is 4.88. The van der Waals surface area contributed by atoms with Gasteiger partial charge in [-0.15, -0.1) is 0 Å². The molecule has 0 heterocycles. The molecule has 74 valence electrons. The van der Waals surface area contributed by atoms with Gasteiger partial charge in [0, 0.05) is 18.3 Å². The highest BCUT2D eigenvalue weighted by molar-refractivity contribution is 5.88. The van der Waals surface area contributed by atoms with Crippen LogP contribution >= 0.6 is 0 Å². The molecule has 1 aliphatic carbocycles. The van der Waals surface area contributed by atoms with Crippen molar-refractivity contribution < 1.29 is 9.18 Å². The number of aryl methyl sites for hydroxylation is 1. The maximum atomic E-state index is 13.0. The first-order valence-corrected chi connectivity index (χ1v) is 4.88. The number of ketones is 1. The van der Waals surface area contributed by atoms with E-state index in [0.717, 1.165) is 5.56 Å². The monoisotopic (exact) mass is 192 g/mol. The number of Topliss-reactive ketones (excluding diaryl/α,β-unsaturated/α-hetero) is 1. The van der Waals surface area contributed by atoms with Crippen LogP contribution in [-0.4, -0.2) is 5.78 Å². The Morgan fingerprint density at radius 3 is 2.64 bits per heavy atom. The van der Waals surface area contributed by atoms with Gasteiger partial charge in [0.05, 0.1) is 0 Å². The zero-order chi connectivity index (χ0) is 10.3. The molecular formula is C12H13FO. The predicted octanol–water partition coefficient (Wildman–Crippen LogP) is 2.83. The summed E-state index contributed by atoms with van der Waals surface area (Å²) in [5.41, 5.74) is 1.75. The van der Waals surface area contributed by atoms with Gasteiger partial charge in [-0.3, -0.25) is 4.79 Å². The molecule has 0 radical (unpaired) electrons. The fourth-order valence-electron chi connectivity index (χ4n) is 1.95.